The molecule has 0 saturated carbocycles. The number of anilines is 1. The quantitative estimate of drug-likeness (QED) is 0.246. The lowest BCUT2D eigenvalue weighted by molar-refractivity contribution is -0.116. The summed E-state index contributed by atoms with van der Waals surface area (Å²) in [4.78, 5) is 36.2. The number of hydrogen-bond acceptors (Lipinski definition) is 6. The van der Waals surface area contributed by atoms with Crippen molar-refractivity contribution < 1.29 is 4.79 Å². The molecule has 2 aromatic carbocycles. The first kappa shape index (κ1) is 23.2. The first-order valence-electron chi connectivity index (χ1n) is 11.0. The van der Waals surface area contributed by atoms with Crippen molar-refractivity contribution in [2.45, 2.75) is 44.1 Å². The number of thioether (sulfide) groups is 1. The summed E-state index contributed by atoms with van der Waals surface area (Å²) in [5, 5.41) is 4.00. The van der Waals surface area contributed by atoms with Crippen LogP contribution in [0.3, 0.4) is 0 Å². The van der Waals surface area contributed by atoms with Gasteiger partial charge in [0.05, 0.1) is 16.6 Å². The van der Waals surface area contributed by atoms with Crippen molar-refractivity contribution in [1.29, 1.82) is 0 Å². The van der Waals surface area contributed by atoms with E-state index in [1.165, 1.54) is 28.7 Å². The zero-order chi connectivity index (χ0) is 23.2. The zero-order valence-corrected chi connectivity index (χ0v) is 20.4. The van der Waals surface area contributed by atoms with Crippen LogP contribution in [0.15, 0.2) is 69.9 Å². The Morgan fingerprint density at radius 1 is 1.09 bits per heavy atom. The van der Waals surface area contributed by atoms with Gasteiger partial charge in [-0.2, -0.15) is 0 Å². The zero-order valence-electron chi connectivity index (χ0n) is 18.7. The molecule has 0 aliphatic rings. The van der Waals surface area contributed by atoms with Crippen LogP contribution in [0.4, 0.5) is 5.13 Å². The molecule has 33 heavy (non-hydrogen) atoms. The highest BCUT2D eigenvalue weighted by atomic mass is 32.2. The third kappa shape index (κ3) is 5.51. The van der Waals surface area contributed by atoms with Gasteiger partial charge in [0.25, 0.3) is 5.56 Å². The molecule has 0 unspecified atom stereocenters. The average molecular weight is 479 g/mol. The molecule has 2 heterocycles. The number of aryl methyl sites for hydroxylation is 1. The number of carbonyl (C=O) groups excluding carboxylic acids is 1. The highest BCUT2D eigenvalue weighted by Crippen LogP contribution is 2.27. The normalized spacial score (nSPS) is 11.1. The predicted octanol–water partition coefficient (Wildman–Crippen LogP) is 5.15. The fourth-order valence-corrected chi connectivity index (χ4v) is 5.61. The molecule has 1 amide bonds. The molecule has 0 N–H and O–H groups in total. The molecule has 170 valence electrons. The highest BCUT2D eigenvalue weighted by molar-refractivity contribution is 7.98. The van der Waals surface area contributed by atoms with E-state index in [0.29, 0.717) is 40.0 Å². The SMILES string of the molecule is CCN(C(C)=O)c1nc(CSc2nc3ccccc3c(=O)n2CCCc2ccccc2)cs1. The lowest BCUT2D eigenvalue weighted by atomic mass is 10.1. The summed E-state index contributed by atoms with van der Waals surface area (Å²) >= 11 is 2.97. The van der Waals surface area contributed by atoms with Crippen molar-refractivity contribution in [3.63, 3.8) is 0 Å². The molecule has 0 spiro atoms. The fraction of sp³-hybridized carbons (Fsp3) is 0.280. The van der Waals surface area contributed by atoms with Crippen LogP contribution in [-0.4, -0.2) is 27.0 Å². The van der Waals surface area contributed by atoms with Crippen LogP contribution >= 0.6 is 23.1 Å². The molecule has 6 nitrogen and oxygen atoms in total. The molecular weight excluding hydrogens is 452 g/mol. The maximum atomic E-state index is 13.3. The van der Waals surface area contributed by atoms with E-state index in [1.54, 1.807) is 16.4 Å². The van der Waals surface area contributed by atoms with Gasteiger partial charge < -0.3 is 0 Å². The van der Waals surface area contributed by atoms with E-state index in [2.05, 4.69) is 17.1 Å². The van der Waals surface area contributed by atoms with E-state index >= 15 is 0 Å². The molecule has 4 rings (SSSR count). The average Bonchev–Trinajstić information content (AvgIpc) is 3.29. The first-order valence-corrected chi connectivity index (χ1v) is 12.8. The van der Waals surface area contributed by atoms with Crippen molar-refractivity contribution in [3.8, 4) is 0 Å². The van der Waals surface area contributed by atoms with Gasteiger partial charge in [-0.25, -0.2) is 9.97 Å². The molecular formula is C25H26N4O2S2. The number of para-hydroxylation sites is 1. The van der Waals surface area contributed by atoms with Gasteiger partial charge in [0.15, 0.2) is 10.3 Å². The van der Waals surface area contributed by atoms with Crippen LogP contribution in [0.5, 0.6) is 0 Å². The van der Waals surface area contributed by atoms with E-state index in [9.17, 15) is 9.59 Å². The Bertz CT molecular complexity index is 1300. The summed E-state index contributed by atoms with van der Waals surface area (Å²) in [7, 11) is 0. The molecule has 0 bridgehead atoms. The van der Waals surface area contributed by atoms with Crippen molar-refractivity contribution in [2.75, 3.05) is 11.4 Å². The minimum atomic E-state index is -0.0190. The molecule has 8 heteroatoms. The third-order valence-corrected chi connectivity index (χ3v) is 7.26. The Hall–Kier alpha value is -2.97. The Balaban J connectivity index is 1.55. The van der Waals surface area contributed by atoms with Gasteiger partial charge in [-0.3, -0.25) is 19.1 Å². The van der Waals surface area contributed by atoms with Gasteiger partial charge in [-0.05, 0) is 37.5 Å². The largest absolute Gasteiger partial charge is 0.289 e. The predicted molar refractivity (Wildman–Crippen MR) is 136 cm³/mol. The van der Waals surface area contributed by atoms with Crippen LogP contribution in [0.25, 0.3) is 10.9 Å². The number of aromatic nitrogens is 3. The minimum absolute atomic E-state index is 0.0103. The number of carbonyl (C=O) groups is 1. The first-order chi connectivity index (χ1) is 16.1. The molecule has 0 fully saturated rings. The Morgan fingerprint density at radius 3 is 2.61 bits per heavy atom. The monoisotopic (exact) mass is 478 g/mol. The van der Waals surface area contributed by atoms with Crippen LogP contribution < -0.4 is 10.5 Å². The number of fused-ring (bicyclic) bond motifs is 1. The summed E-state index contributed by atoms with van der Waals surface area (Å²) in [6.45, 7) is 4.67. The van der Waals surface area contributed by atoms with Gasteiger partial charge in [0.1, 0.15) is 0 Å². The number of benzene rings is 2. The molecule has 2 aromatic heterocycles. The van der Waals surface area contributed by atoms with Crippen molar-refractivity contribution in [2.24, 2.45) is 0 Å². The summed E-state index contributed by atoms with van der Waals surface area (Å²) < 4.78 is 1.79. The molecule has 0 saturated heterocycles. The van der Waals surface area contributed by atoms with E-state index in [4.69, 9.17) is 4.98 Å². The minimum Gasteiger partial charge on any atom is -0.289 e. The number of amides is 1. The lowest BCUT2D eigenvalue weighted by Gasteiger charge is -2.14. The van der Waals surface area contributed by atoms with E-state index < -0.39 is 0 Å². The second-order valence-corrected chi connectivity index (χ2v) is 9.41. The van der Waals surface area contributed by atoms with Gasteiger partial charge in [0.2, 0.25) is 5.91 Å². The molecule has 0 radical (unpaired) electrons. The smallest absolute Gasteiger partial charge is 0.262 e. The van der Waals surface area contributed by atoms with E-state index in [1.807, 2.05) is 54.8 Å². The number of rotatable bonds is 9. The summed E-state index contributed by atoms with van der Waals surface area (Å²) in [6, 6.07) is 17.8. The Morgan fingerprint density at radius 2 is 1.85 bits per heavy atom. The summed E-state index contributed by atoms with van der Waals surface area (Å²) in [5.74, 6) is 0.560. The van der Waals surface area contributed by atoms with Gasteiger partial charge in [-0.1, -0.05) is 54.2 Å². The van der Waals surface area contributed by atoms with Gasteiger partial charge in [0, 0.05) is 31.1 Å². The van der Waals surface area contributed by atoms with Gasteiger partial charge >= 0.3 is 0 Å². The Kier molecular flexibility index (Phi) is 7.57. The highest BCUT2D eigenvalue weighted by Gasteiger charge is 2.15. The molecule has 4 aromatic rings. The lowest BCUT2D eigenvalue weighted by Crippen LogP contribution is -2.27. The van der Waals surface area contributed by atoms with Crippen LogP contribution in [0.2, 0.25) is 0 Å². The fourth-order valence-electron chi connectivity index (χ4n) is 3.66. The Labute approximate surface area is 201 Å². The molecule has 0 aliphatic carbocycles. The number of thiazole rings is 1. The maximum Gasteiger partial charge on any atom is 0.262 e. The van der Waals surface area contributed by atoms with E-state index in [0.717, 1.165) is 18.5 Å². The van der Waals surface area contributed by atoms with Crippen LogP contribution in [-0.2, 0) is 23.5 Å². The third-order valence-electron chi connectivity index (χ3n) is 5.33. The second-order valence-electron chi connectivity index (χ2n) is 7.63. The van der Waals surface area contributed by atoms with Crippen molar-refractivity contribution in [1.82, 2.24) is 14.5 Å². The van der Waals surface area contributed by atoms with E-state index in [-0.39, 0.29) is 11.5 Å². The number of hydrogen-bond donors (Lipinski definition) is 0. The number of nitrogens with zero attached hydrogens (tertiary/aromatic N) is 4. The topological polar surface area (TPSA) is 68.1 Å². The summed E-state index contributed by atoms with van der Waals surface area (Å²) in [6.07, 6.45) is 1.75. The molecule has 0 atom stereocenters. The van der Waals surface area contributed by atoms with Gasteiger partial charge in [-0.15, -0.1) is 11.3 Å². The van der Waals surface area contributed by atoms with Crippen molar-refractivity contribution in [3.05, 3.63) is 81.6 Å². The summed E-state index contributed by atoms with van der Waals surface area (Å²) in [5.41, 5.74) is 2.83. The maximum absolute atomic E-state index is 13.3. The van der Waals surface area contributed by atoms with Crippen LogP contribution in [0, 0.1) is 0 Å². The second kappa shape index (κ2) is 10.8. The molecule has 0 aliphatic heterocycles. The van der Waals surface area contributed by atoms with Crippen LogP contribution in [0.1, 0.15) is 31.5 Å². The standard InChI is InChI=1S/C25H26N4O2S2/c1-3-28(18(2)30)24-26-20(16-32-24)17-33-25-27-22-14-8-7-13-21(22)23(31)29(25)15-9-12-19-10-5-4-6-11-19/h4-8,10-11,13-14,16H,3,9,12,15,17H2,1-2H3. The van der Waals surface area contributed by atoms with Crippen molar-refractivity contribution >= 4 is 45.0 Å².